The molecule has 6 nitrogen and oxygen atoms in total. The van der Waals surface area contributed by atoms with E-state index in [0.29, 0.717) is 25.7 Å². The summed E-state index contributed by atoms with van der Waals surface area (Å²) in [6.45, 7) is 3.14. The topological polar surface area (TPSA) is 107 Å². The Morgan fingerprint density at radius 1 is 1.21 bits per heavy atom. The largest absolute Gasteiger partial charge is 0.480 e. The third kappa shape index (κ3) is 5.90. The van der Waals surface area contributed by atoms with Gasteiger partial charge in [0.25, 0.3) is 0 Å². The van der Waals surface area contributed by atoms with Crippen LogP contribution in [0.25, 0.3) is 0 Å². The summed E-state index contributed by atoms with van der Waals surface area (Å²) in [5, 5.41) is 26.7. The molecule has 1 aliphatic rings. The van der Waals surface area contributed by atoms with Crippen LogP contribution in [0.1, 0.15) is 38.5 Å². The molecule has 0 aromatic rings. The molecule has 5 N–H and O–H groups in total. The van der Waals surface area contributed by atoms with Crippen molar-refractivity contribution in [2.24, 2.45) is 5.73 Å². The lowest BCUT2D eigenvalue weighted by Gasteiger charge is -2.32. The molecule has 1 fully saturated rings. The van der Waals surface area contributed by atoms with Crippen LogP contribution in [0.4, 0.5) is 0 Å². The molecule has 110 valence electrons. The van der Waals surface area contributed by atoms with Gasteiger partial charge in [-0.3, -0.25) is 4.79 Å². The zero-order chi connectivity index (χ0) is 14.3. The molecule has 7 heteroatoms. The summed E-state index contributed by atoms with van der Waals surface area (Å²) in [6.07, 6.45) is 4.33. The summed E-state index contributed by atoms with van der Waals surface area (Å²) in [6, 6.07) is 0. The van der Waals surface area contributed by atoms with Gasteiger partial charge < -0.3 is 25.8 Å². The van der Waals surface area contributed by atoms with Crippen LogP contribution in [0, 0.1) is 0 Å². The van der Waals surface area contributed by atoms with Gasteiger partial charge in [0.2, 0.25) is 0 Å². The SMILES string of the molecule is N[C@@](CCCCB(O)O)(CCCN1CCC1)C(=O)O. The highest BCUT2D eigenvalue weighted by molar-refractivity contribution is 6.40. The Kier molecular flexibility index (Phi) is 6.78. The van der Waals surface area contributed by atoms with E-state index in [2.05, 4.69) is 4.90 Å². The van der Waals surface area contributed by atoms with Crippen molar-refractivity contribution in [3.63, 3.8) is 0 Å². The second-order valence-electron chi connectivity index (χ2n) is 5.49. The summed E-state index contributed by atoms with van der Waals surface area (Å²) < 4.78 is 0. The zero-order valence-corrected chi connectivity index (χ0v) is 11.4. The maximum atomic E-state index is 11.3. The predicted octanol–water partition coefficient (Wildman–Crippen LogP) is -0.103. The van der Waals surface area contributed by atoms with Crippen molar-refractivity contribution in [1.29, 1.82) is 0 Å². The number of unbranched alkanes of at least 4 members (excludes halogenated alkanes) is 1. The summed E-state index contributed by atoms with van der Waals surface area (Å²) >= 11 is 0. The molecule has 0 amide bonds. The van der Waals surface area contributed by atoms with Gasteiger partial charge >= 0.3 is 13.1 Å². The molecule has 0 unspecified atom stereocenters. The van der Waals surface area contributed by atoms with Crippen LogP contribution in [0.3, 0.4) is 0 Å². The molecule has 1 aliphatic heterocycles. The highest BCUT2D eigenvalue weighted by Gasteiger charge is 2.33. The Balaban J connectivity index is 2.24. The third-order valence-corrected chi connectivity index (χ3v) is 3.81. The average Bonchev–Trinajstić information content (AvgIpc) is 2.27. The minimum atomic E-state index is -1.32. The van der Waals surface area contributed by atoms with Crippen molar-refractivity contribution in [3.05, 3.63) is 0 Å². The van der Waals surface area contributed by atoms with E-state index >= 15 is 0 Å². The monoisotopic (exact) mass is 272 g/mol. The maximum absolute atomic E-state index is 11.3. The average molecular weight is 272 g/mol. The number of carboxylic acids is 1. The minimum absolute atomic E-state index is 0.267. The summed E-state index contributed by atoms with van der Waals surface area (Å²) in [4.78, 5) is 13.6. The van der Waals surface area contributed by atoms with Crippen molar-refractivity contribution in [1.82, 2.24) is 4.90 Å². The van der Waals surface area contributed by atoms with Gasteiger partial charge in [-0.25, -0.2) is 0 Å². The zero-order valence-electron chi connectivity index (χ0n) is 11.4. The fraction of sp³-hybridized carbons (Fsp3) is 0.917. The van der Waals surface area contributed by atoms with Gasteiger partial charge in [-0.1, -0.05) is 12.8 Å². The molecule has 1 atom stereocenters. The molecule has 0 bridgehead atoms. The van der Waals surface area contributed by atoms with Crippen LogP contribution in [0.2, 0.25) is 6.32 Å². The normalized spacial score (nSPS) is 18.7. The Labute approximate surface area is 114 Å². The molecule has 0 aromatic heterocycles. The number of carboxylic acid groups (broad SMARTS) is 1. The van der Waals surface area contributed by atoms with Crippen LogP contribution >= 0.6 is 0 Å². The standard InChI is InChI=1S/C12H25BN2O4/c14-12(11(16)17,5-1-2-7-13(18)19)6-3-8-15-9-4-10-15/h18-19H,1-10,14H2,(H,16,17)/t12-/m0/s1. The number of likely N-dealkylation sites (tertiary alicyclic amines) is 1. The highest BCUT2D eigenvalue weighted by Crippen LogP contribution is 2.20. The molecule has 0 radical (unpaired) electrons. The molecule has 1 saturated heterocycles. The van der Waals surface area contributed by atoms with E-state index in [0.717, 1.165) is 26.1 Å². The van der Waals surface area contributed by atoms with E-state index < -0.39 is 18.6 Å². The Morgan fingerprint density at radius 2 is 1.84 bits per heavy atom. The first-order valence-corrected chi connectivity index (χ1v) is 7.05. The van der Waals surface area contributed by atoms with Crippen LogP contribution in [0.15, 0.2) is 0 Å². The lowest BCUT2D eigenvalue weighted by molar-refractivity contribution is -0.144. The molecule has 19 heavy (non-hydrogen) atoms. The predicted molar refractivity (Wildman–Crippen MR) is 73.7 cm³/mol. The van der Waals surface area contributed by atoms with Crippen molar-refractivity contribution in [2.45, 2.75) is 50.4 Å². The van der Waals surface area contributed by atoms with E-state index in [-0.39, 0.29) is 6.32 Å². The fourth-order valence-corrected chi connectivity index (χ4v) is 2.33. The van der Waals surface area contributed by atoms with Gasteiger partial charge in [-0.05, 0) is 51.6 Å². The van der Waals surface area contributed by atoms with Crippen molar-refractivity contribution in [2.75, 3.05) is 19.6 Å². The van der Waals surface area contributed by atoms with Gasteiger partial charge in [0.1, 0.15) is 5.54 Å². The molecule has 1 heterocycles. The highest BCUT2D eigenvalue weighted by atomic mass is 16.4. The summed E-state index contributed by atoms with van der Waals surface area (Å²) in [5.41, 5.74) is 4.79. The first-order valence-electron chi connectivity index (χ1n) is 7.05. The maximum Gasteiger partial charge on any atom is 0.451 e. The van der Waals surface area contributed by atoms with Crippen molar-refractivity contribution >= 4 is 13.1 Å². The molecule has 0 aliphatic carbocycles. The van der Waals surface area contributed by atoms with Crippen LogP contribution < -0.4 is 5.73 Å². The number of carbonyl (C=O) groups is 1. The first kappa shape index (κ1) is 16.4. The van der Waals surface area contributed by atoms with E-state index in [9.17, 15) is 9.90 Å². The molecule has 0 saturated carbocycles. The Bertz CT molecular complexity index is 287. The third-order valence-electron chi connectivity index (χ3n) is 3.81. The van der Waals surface area contributed by atoms with Crippen LogP contribution in [-0.2, 0) is 4.79 Å². The van der Waals surface area contributed by atoms with Gasteiger partial charge in [-0.2, -0.15) is 0 Å². The lowest BCUT2D eigenvalue weighted by Crippen LogP contribution is -2.48. The molecule has 0 spiro atoms. The minimum Gasteiger partial charge on any atom is -0.480 e. The van der Waals surface area contributed by atoms with Crippen LogP contribution in [0.5, 0.6) is 0 Å². The smallest absolute Gasteiger partial charge is 0.451 e. The van der Waals surface area contributed by atoms with Gasteiger partial charge in [0.15, 0.2) is 0 Å². The van der Waals surface area contributed by atoms with E-state index in [4.69, 9.17) is 15.8 Å². The number of rotatable bonds is 10. The van der Waals surface area contributed by atoms with E-state index in [1.165, 1.54) is 6.42 Å². The van der Waals surface area contributed by atoms with E-state index in [1.807, 2.05) is 0 Å². The summed E-state index contributed by atoms with van der Waals surface area (Å²) in [5.74, 6) is -0.958. The van der Waals surface area contributed by atoms with Crippen molar-refractivity contribution in [3.8, 4) is 0 Å². The van der Waals surface area contributed by atoms with Crippen molar-refractivity contribution < 1.29 is 19.9 Å². The van der Waals surface area contributed by atoms with Gasteiger partial charge in [-0.15, -0.1) is 0 Å². The molecule has 1 rings (SSSR count). The number of nitrogens with two attached hydrogens (primary N) is 1. The fourth-order valence-electron chi connectivity index (χ4n) is 2.33. The second-order valence-corrected chi connectivity index (χ2v) is 5.49. The number of nitrogens with zero attached hydrogens (tertiary/aromatic N) is 1. The Morgan fingerprint density at radius 3 is 2.32 bits per heavy atom. The number of hydrogen-bond acceptors (Lipinski definition) is 5. The first-order chi connectivity index (χ1) is 8.94. The molecular formula is C12H25BN2O4. The number of aliphatic carboxylic acids is 1. The molecular weight excluding hydrogens is 247 g/mol. The quantitative estimate of drug-likeness (QED) is 0.327. The van der Waals surface area contributed by atoms with Gasteiger partial charge in [0, 0.05) is 0 Å². The molecule has 0 aromatic carbocycles. The summed E-state index contributed by atoms with van der Waals surface area (Å²) in [7, 11) is -1.32. The van der Waals surface area contributed by atoms with Gasteiger partial charge in [0.05, 0.1) is 0 Å². The Hall–Kier alpha value is -0.625. The second kappa shape index (κ2) is 7.84. The number of hydrogen-bond donors (Lipinski definition) is 4. The van der Waals surface area contributed by atoms with Crippen LogP contribution in [-0.4, -0.2) is 58.3 Å². The van der Waals surface area contributed by atoms with E-state index in [1.54, 1.807) is 0 Å². The lowest BCUT2D eigenvalue weighted by atomic mass is 9.81.